The van der Waals surface area contributed by atoms with Crippen molar-refractivity contribution in [1.29, 1.82) is 0 Å². The third-order valence-corrected chi connectivity index (χ3v) is 7.64. The second-order valence-corrected chi connectivity index (χ2v) is 10.1. The number of H-pyrrole nitrogens is 1. The molecule has 1 saturated heterocycles. The first-order valence-corrected chi connectivity index (χ1v) is 12.9. The molecule has 9 nitrogen and oxygen atoms in total. The molecule has 2 aliphatic heterocycles. The summed E-state index contributed by atoms with van der Waals surface area (Å²) in [6.45, 7) is 1.53. The molecule has 0 unspecified atom stereocenters. The molecule has 204 valence electrons. The number of nitrogens with one attached hydrogen (secondary N) is 1. The minimum absolute atomic E-state index is 0.0421. The van der Waals surface area contributed by atoms with Crippen LogP contribution in [-0.4, -0.2) is 80.6 Å². The zero-order valence-electron chi connectivity index (χ0n) is 20.9. The smallest absolute Gasteiger partial charge is 0.296 e. The molecule has 1 aromatic carbocycles. The Bertz CT molecular complexity index is 1470. The summed E-state index contributed by atoms with van der Waals surface area (Å²) in [6, 6.07) is 3.40. The quantitative estimate of drug-likeness (QED) is 0.496. The minimum atomic E-state index is -0.982. The molecule has 1 saturated carbocycles. The van der Waals surface area contributed by atoms with Crippen molar-refractivity contribution in [2.24, 2.45) is 5.92 Å². The van der Waals surface area contributed by atoms with Crippen LogP contribution < -0.4 is 4.74 Å². The molecule has 3 aromatic rings. The number of aliphatic hydroxyl groups is 1. The number of nitrogens with zero attached hydrogens (tertiary/aromatic N) is 4. The van der Waals surface area contributed by atoms with Crippen LogP contribution >= 0.6 is 0 Å². The van der Waals surface area contributed by atoms with Gasteiger partial charge in [-0.15, -0.1) is 0 Å². The van der Waals surface area contributed by atoms with Crippen molar-refractivity contribution >= 4 is 28.6 Å². The summed E-state index contributed by atoms with van der Waals surface area (Å²) in [6.07, 6.45) is 3.98. The normalized spacial score (nSPS) is 20.9. The van der Waals surface area contributed by atoms with E-state index in [9.17, 15) is 14.0 Å². The van der Waals surface area contributed by atoms with Crippen LogP contribution in [0.3, 0.4) is 0 Å². The number of imidazole rings is 1. The van der Waals surface area contributed by atoms with E-state index in [0.717, 1.165) is 37.7 Å². The number of halogens is 3. The Balaban J connectivity index is 1.19. The fraction of sp³-hybridized carbons (Fsp3) is 0.407. The van der Waals surface area contributed by atoms with Gasteiger partial charge in [0.05, 0.1) is 11.1 Å². The van der Waals surface area contributed by atoms with E-state index in [1.165, 1.54) is 4.90 Å². The number of aliphatic hydroxyl groups excluding tert-OH is 1. The van der Waals surface area contributed by atoms with Crippen LogP contribution in [0.25, 0.3) is 28.0 Å². The molecule has 6 rings (SSSR count). The van der Waals surface area contributed by atoms with Gasteiger partial charge in [0.25, 0.3) is 6.01 Å². The molecule has 12 heteroatoms. The zero-order chi connectivity index (χ0) is 27.3. The van der Waals surface area contributed by atoms with Gasteiger partial charge in [-0.2, -0.15) is 4.98 Å². The van der Waals surface area contributed by atoms with E-state index in [-0.39, 0.29) is 47.2 Å². The van der Waals surface area contributed by atoms with Crippen molar-refractivity contribution in [3.63, 3.8) is 0 Å². The van der Waals surface area contributed by atoms with E-state index in [1.807, 2.05) is 4.90 Å². The topological polar surface area (TPSA) is 112 Å². The number of carbonyl (C=O) groups is 2. The van der Waals surface area contributed by atoms with Gasteiger partial charge in [-0.25, -0.2) is 18.2 Å². The SMILES string of the molecule is O=C(CO)N1CC=C(c2cc(F)c(-c3nc4nc(O[C@H]5C[C@@H](C(=O)N6CCC6)C5)[nH]c4cc3F)c(F)c2)CC1. The predicted molar refractivity (Wildman–Crippen MR) is 134 cm³/mol. The number of likely N-dealkylation sites (tertiary alicyclic amines) is 1. The van der Waals surface area contributed by atoms with Crippen LogP contribution in [0.4, 0.5) is 13.2 Å². The molecular weight excluding hydrogens is 515 g/mol. The van der Waals surface area contributed by atoms with Crippen molar-refractivity contribution < 1.29 is 32.6 Å². The highest BCUT2D eigenvalue weighted by molar-refractivity contribution is 5.81. The second-order valence-electron chi connectivity index (χ2n) is 10.1. The molecule has 0 radical (unpaired) electrons. The lowest BCUT2D eigenvalue weighted by atomic mass is 9.81. The van der Waals surface area contributed by atoms with Crippen LogP contribution in [0.15, 0.2) is 24.3 Å². The monoisotopic (exact) mass is 541 g/mol. The molecular formula is C27H26F3N5O4. The number of aromatic nitrogens is 3. The molecule has 0 bridgehead atoms. The molecule has 0 atom stereocenters. The Kier molecular flexibility index (Phi) is 6.49. The van der Waals surface area contributed by atoms with Crippen LogP contribution in [0.1, 0.15) is 31.2 Å². The highest BCUT2D eigenvalue weighted by atomic mass is 19.1. The first-order valence-electron chi connectivity index (χ1n) is 12.9. The Hall–Kier alpha value is -3.93. The number of fused-ring (bicyclic) bond motifs is 1. The van der Waals surface area contributed by atoms with Gasteiger partial charge < -0.3 is 24.6 Å². The first kappa shape index (κ1) is 25.4. The summed E-state index contributed by atoms with van der Waals surface area (Å²) in [5.41, 5.74) is 0.0649. The van der Waals surface area contributed by atoms with Gasteiger partial charge in [0, 0.05) is 38.2 Å². The van der Waals surface area contributed by atoms with E-state index in [4.69, 9.17) is 9.84 Å². The number of pyridine rings is 1. The molecule has 0 spiro atoms. The molecule has 3 aliphatic rings. The van der Waals surface area contributed by atoms with Crippen LogP contribution in [0.2, 0.25) is 0 Å². The maximum absolute atomic E-state index is 15.2. The van der Waals surface area contributed by atoms with Crippen molar-refractivity contribution in [1.82, 2.24) is 24.8 Å². The van der Waals surface area contributed by atoms with Crippen LogP contribution in [-0.2, 0) is 9.59 Å². The van der Waals surface area contributed by atoms with Gasteiger partial charge in [0.2, 0.25) is 11.8 Å². The Morgan fingerprint density at radius 1 is 1.03 bits per heavy atom. The Labute approximate surface area is 221 Å². The van der Waals surface area contributed by atoms with E-state index in [0.29, 0.717) is 31.4 Å². The van der Waals surface area contributed by atoms with E-state index >= 15 is 8.78 Å². The van der Waals surface area contributed by atoms with Crippen molar-refractivity contribution in [2.45, 2.75) is 31.8 Å². The van der Waals surface area contributed by atoms with Crippen molar-refractivity contribution in [3.05, 3.63) is 47.3 Å². The fourth-order valence-corrected chi connectivity index (χ4v) is 5.19. The summed E-state index contributed by atoms with van der Waals surface area (Å²) < 4.78 is 51.1. The third-order valence-electron chi connectivity index (χ3n) is 7.64. The Morgan fingerprint density at radius 3 is 2.38 bits per heavy atom. The standard InChI is InChI=1S/C27H26F3N5O4/c28-18-10-15(14-2-6-34(7-3-14)22(37)13-36)11-19(29)23(18)24-20(30)12-21-25(32-24)33-27(31-21)39-17-8-16(9-17)26(38)35-4-1-5-35/h2,10-12,16-17,36H,1,3-9,13H2,(H,31,32,33)/t16-,17+. The van der Waals surface area contributed by atoms with Gasteiger partial charge in [0.15, 0.2) is 11.5 Å². The third kappa shape index (κ3) is 4.73. The van der Waals surface area contributed by atoms with E-state index in [1.54, 1.807) is 6.08 Å². The number of amides is 2. The lowest BCUT2D eigenvalue weighted by molar-refractivity contribution is -0.145. The summed E-state index contributed by atoms with van der Waals surface area (Å²) >= 11 is 0. The number of ether oxygens (including phenoxy) is 1. The number of hydrogen-bond acceptors (Lipinski definition) is 6. The molecule has 4 heterocycles. The van der Waals surface area contributed by atoms with E-state index in [2.05, 4.69) is 15.0 Å². The summed E-state index contributed by atoms with van der Waals surface area (Å²) in [5, 5.41) is 9.00. The molecule has 39 heavy (non-hydrogen) atoms. The molecule has 2 amide bonds. The van der Waals surface area contributed by atoms with Crippen LogP contribution in [0.5, 0.6) is 6.01 Å². The van der Waals surface area contributed by atoms with Gasteiger partial charge in [-0.1, -0.05) is 6.08 Å². The van der Waals surface area contributed by atoms with E-state index < -0.39 is 41.2 Å². The highest BCUT2D eigenvalue weighted by Crippen LogP contribution is 2.35. The van der Waals surface area contributed by atoms with Crippen molar-refractivity contribution in [2.75, 3.05) is 32.8 Å². The first-order chi connectivity index (χ1) is 18.8. The lowest BCUT2D eigenvalue weighted by Crippen LogP contribution is -2.50. The largest absolute Gasteiger partial charge is 0.461 e. The zero-order valence-corrected chi connectivity index (χ0v) is 20.9. The summed E-state index contributed by atoms with van der Waals surface area (Å²) in [7, 11) is 0. The van der Waals surface area contributed by atoms with Gasteiger partial charge in [-0.3, -0.25) is 9.59 Å². The van der Waals surface area contributed by atoms with Gasteiger partial charge >= 0.3 is 0 Å². The average molecular weight is 542 g/mol. The van der Waals surface area contributed by atoms with Gasteiger partial charge in [0.1, 0.15) is 30.0 Å². The maximum atomic E-state index is 15.2. The fourth-order valence-electron chi connectivity index (χ4n) is 5.19. The lowest BCUT2D eigenvalue weighted by Gasteiger charge is -2.40. The van der Waals surface area contributed by atoms with Crippen molar-refractivity contribution in [3.8, 4) is 17.3 Å². The molecule has 1 aliphatic carbocycles. The second kappa shape index (κ2) is 9.99. The van der Waals surface area contributed by atoms with Gasteiger partial charge in [-0.05, 0) is 49.0 Å². The number of rotatable bonds is 6. The highest BCUT2D eigenvalue weighted by Gasteiger charge is 2.40. The summed E-state index contributed by atoms with van der Waals surface area (Å²) in [4.78, 5) is 38.3. The molecule has 2 N–H and O–H groups in total. The summed E-state index contributed by atoms with van der Waals surface area (Å²) in [5.74, 6) is -3.23. The Morgan fingerprint density at radius 2 is 1.77 bits per heavy atom. The maximum Gasteiger partial charge on any atom is 0.296 e. The number of carbonyl (C=O) groups excluding carboxylic acids is 2. The average Bonchev–Trinajstić information content (AvgIpc) is 3.25. The van der Waals surface area contributed by atoms with Crippen LogP contribution in [0, 0.1) is 23.4 Å². The number of benzene rings is 1. The predicted octanol–water partition coefficient (Wildman–Crippen LogP) is 3.04. The molecule has 2 fully saturated rings. The molecule has 2 aromatic heterocycles. The number of hydrogen-bond donors (Lipinski definition) is 2. The number of aromatic amines is 1. The minimum Gasteiger partial charge on any atom is -0.461 e.